The predicted octanol–water partition coefficient (Wildman–Crippen LogP) is 4.33. The number of hydrogen-bond donors (Lipinski definition) is 1. The van der Waals surface area contributed by atoms with Crippen LogP contribution in [0.1, 0.15) is 24.1 Å². The first-order valence-corrected chi connectivity index (χ1v) is 6.88. The highest BCUT2D eigenvalue weighted by molar-refractivity contribution is 9.10. The smallest absolute Gasteiger partial charge is 0.137 e. The van der Waals surface area contributed by atoms with Gasteiger partial charge in [-0.2, -0.15) is 0 Å². The molecule has 2 aromatic carbocycles. The lowest BCUT2D eigenvalue weighted by Gasteiger charge is -2.14. The maximum absolute atomic E-state index is 13.2. The van der Waals surface area contributed by atoms with E-state index in [0.29, 0.717) is 15.8 Å². The van der Waals surface area contributed by atoms with Crippen LogP contribution in [-0.4, -0.2) is 0 Å². The van der Waals surface area contributed by atoms with Gasteiger partial charge in [0.2, 0.25) is 0 Å². The molecule has 0 spiro atoms. The number of benzene rings is 2. The fourth-order valence-electron chi connectivity index (χ4n) is 1.80. The second-order valence-electron chi connectivity index (χ2n) is 4.51. The van der Waals surface area contributed by atoms with E-state index >= 15 is 0 Å². The molecule has 0 heterocycles. The van der Waals surface area contributed by atoms with Crippen molar-refractivity contribution in [1.82, 2.24) is 0 Å². The van der Waals surface area contributed by atoms with Gasteiger partial charge in [0, 0.05) is 11.6 Å². The largest absolute Gasteiger partial charge is 0.489 e. The first-order valence-electron chi connectivity index (χ1n) is 6.09. The Morgan fingerprint density at radius 1 is 1.20 bits per heavy atom. The lowest BCUT2D eigenvalue weighted by Crippen LogP contribution is -2.08. The summed E-state index contributed by atoms with van der Waals surface area (Å²) >= 11 is 3.12. The number of nitrogens with two attached hydrogens (primary N) is 1. The van der Waals surface area contributed by atoms with Crippen LogP contribution in [0, 0.1) is 11.6 Å². The standard InChI is InChI=1S/C15H14BrF2NO/c1-9(19)12-7-11(17)3-5-15(12)20-8-10-2-4-14(18)13(16)6-10/h2-7,9H,8,19H2,1H3/t9-/m1/s1. The lowest BCUT2D eigenvalue weighted by molar-refractivity contribution is 0.300. The monoisotopic (exact) mass is 341 g/mol. The van der Waals surface area contributed by atoms with Crippen molar-refractivity contribution in [3.05, 3.63) is 63.6 Å². The van der Waals surface area contributed by atoms with E-state index in [1.807, 2.05) is 0 Å². The highest BCUT2D eigenvalue weighted by Gasteiger charge is 2.10. The van der Waals surface area contributed by atoms with Gasteiger partial charge in [0.05, 0.1) is 4.47 Å². The quantitative estimate of drug-likeness (QED) is 0.898. The predicted molar refractivity (Wildman–Crippen MR) is 77.4 cm³/mol. The number of hydrogen-bond acceptors (Lipinski definition) is 2. The molecule has 2 N–H and O–H groups in total. The SMILES string of the molecule is C[C@@H](N)c1cc(F)ccc1OCc1ccc(F)c(Br)c1. The van der Waals surface area contributed by atoms with Gasteiger partial charge in [-0.15, -0.1) is 0 Å². The molecule has 0 radical (unpaired) electrons. The molecule has 0 saturated carbocycles. The van der Waals surface area contributed by atoms with Gasteiger partial charge in [-0.25, -0.2) is 8.78 Å². The first-order chi connectivity index (χ1) is 9.47. The zero-order valence-corrected chi connectivity index (χ0v) is 12.5. The van der Waals surface area contributed by atoms with Crippen molar-refractivity contribution in [3.63, 3.8) is 0 Å². The van der Waals surface area contributed by atoms with Crippen molar-refractivity contribution in [2.45, 2.75) is 19.6 Å². The van der Waals surface area contributed by atoms with Gasteiger partial charge < -0.3 is 10.5 Å². The average Bonchev–Trinajstić information content (AvgIpc) is 2.41. The molecule has 2 nitrogen and oxygen atoms in total. The van der Waals surface area contributed by atoms with Gasteiger partial charge in [-0.3, -0.25) is 0 Å². The fourth-order valence-corrected chi connectivity index (χ4v) is 2.22. The van der Waals surface area contributed by atoms with E-state index in [1.54, 1.807) is 25.1 Å². The summed E-state index contributed by atoms with van der Waals surface area (Å²) < 4.78 is 32.4. The Balaban J connectivity index is 2.16. The van der Waals surface area contributed by atoms with Crippen LogP contribution in [0.4, 0.5) is 8.78 Å². The highest BCUT2D eigenvalue weighted by atomic mass is 79.9. The van der Waals surface area contributed by atoms with Crippen LogP contribution in [0.25, 0.3) is 0 Å². The third kappa shape index (κ3) is 3.55. The van der Waals surface area contributed by atoms with Crippen molar-refractivity contribution in [3.8, 4) is 5.75 Å². The van der Waals surface area contributed by atoms with E-state index in [9.17, 15) is 8.78 Å². The van der Waals surface area contributed by atoms with Crippen molar-refractivity contribution in [1.29, 1.82) is 0 Å². The zero-order valence-electron chi connectivity index (χ0n) is 10.9. The molecule has 2 aromatic rings. The van der Waals surface area contributed by atoms with Gasteiger partial charge >= 0.3 is 0 Å². The van der Waals surface area contributed by atoms with Crippen molar-refractivity contribution in [2.75, 3.05) is 0 Å². The normalized spacial score (nSPS) is 12.2. The van der Waals surface area contributed by atoms with Gasteiger partial charge in [0.25, 0.3) is 0 Å². The van der Waals surface area contributed by atoms with Crippen LogP contribution in [-0.2, 0) is 6.61 Å². The summed E-state index contributed by atoms with van der Waals surface area (Å²) in [5.74, 6) is -0.150. The Morgan fingerprint density at radius 3 is 2.60 bits per heavy atom. The van der Waals surface area contributed by atoms with E-state index in [1.165, 1.54) is 18.2 Å². The lowest BCUT2D eigenvalue weighted by atomic mass is 10.1. The second kappa shape index (κ2) is 6.33. The molecule has 106 valence electrons. The molecule has 0 aliphatic rings. The molecular formula is C15H14BrF2NO. The van der Waals surface area contributed by atoms with Crippen molar-refractivity contribution in [2.24, 2.45) is 5.73 Å². The Labute approximate surface area is 124 Å². The van der Waals surface area contributed by atoms with Gasteiger partial charge in [-0.1, -0.05) is 6.07 Å². The van der Waals surface area contributed by atoms with Crippen LogP contribution < -0.4 is 10.5 Å². The molecule has 0 aliphatic heterocycles. The Morgan fingerprint density at radius 2 is 1.95 bits per heavy atom. The third-order valence-corrected chi connectivity index (χ3v) is 3.45. The minimum absolute atomic E-state index is 0.254. The summed E-state index contributed by atoms with van der Waals surface area (Å²) in [6.45, 7) is 2.01. The Bertz CT molecular complexity index is 617. The zero-order chi connectivity index (χ0) is 14.7. The molecule has 0 saturated heterocycles. The van der Waals surface area contributed by atoms with E-state index < -0.39 is 0 Å². The van der Waals surface area contributed by atoms with E-state index in [2.05, 4.69) is 15.9 Å². The molecule has 0 fully saturated rings. The molecule has 0 aromatic heterocycles. The summed E-state index contributed by atoms with van der Waals surface area (Å²) in [7, 11) is 0. The fraction of sp³-hybridized carbons (Fsp3) is 0.200. The Kier molecular flexibility index (Phi) is 4.73. The molecule has 2 rings (SSSR count). The molecule has 5 heteroatoms. The molecular weight excluding hydrogens is 328 g/mol. The third-order valence-electron chi connectivity index (χ3n) is 2.84. The van der Waals surface area contributed by atoms with Gasteiger partial charge in [0.15, 0.2) is 0 Å². The molecule has 0 unspecified atom stereocenters. The molecule has 1 atom stereocenters. The summed E-state index contributed by atoms with van der Waals surface area (Å²) in [4.78, 5) is 0. The molecule has 0 amide bonds. The van der Waals surface area contributed by atoms with Gasteiger partial charge in [0.1, 0.15) is 24.0 Å². The van der Waals surface area contributed by atoms with E-state index in [0.717, 1.165) is 5.56 Å². The summed E-state index contributed by atoms with van der Waals surface area (Å²) in [6, 6.07) is 8.54. The number of halogens is 3. The number of rotatable bonds is 4. The number of ether oxygens (including phenoxy) is 1. The maximum Gasteiger partial charge on any atom is 0.137 e. The summed E-state index contributed by atoms with van der Waals surface area (Å²) in [5.41, 5.74) is 7.20. The van der Waals surface area contributed by atoms with Gasteiger partial charge in [-0.05, 0) is 58.7 Å². The van der Waals surface area contributed by atoms with E-state index in [4.69, 9.17) is 10.5 Å². The van der Waals surface area contributed by atoms with Crippen LogP contribution >= 0.6 is 15.9 Å². The van der Waals surface area contributed by atoms with Crippen LogP contribution in [0.5, 0.6) is 5.75 Å². The maximum atomic E-state index is 13.2. The van der Waals surface area contributed by atoms with Crippen LogP contribution in [0.2, 0.25) is 0 Å². The van der Waals surface area contributed by atoms with Crippen molar-refractivity contribution < 1.29 is 13.5 Å². The Hall–Kier alpha value is -1.46. The second-order valence-corrected chi connectivity index (χ2v) is 5.36. The van der Waals surface area contributed by atoms with Crippen molar-refractivity contribution >= 4 is 15.9 Å². The van der Waals surface area contributed by atoms with Crippen LogP contribution in [0.15, 0.2) is 40.9 Å². The average molecular weight is 342 g/mol. The highest BCUT2D eigenvalue weighted by Crippen LogP contribution is 2.26. The molecule has 0 aliphatic carbocycles. The minimum atomic E-state index is -0.353. The topological polar surface area (TPSA) is 35.2 Å². The molecule has 0 bridgehead atoms. The van der Waals surface area contributed by atoms with Crippen LogP contribution in [0.3, 0.4) is 0 Å². The first kappa shape index (κ1) is 14.9. The van der Waals surface area contributed by atoms with E-state index in [-0.39, 0.29) is 24.3 Å². The summed E-state index contributed by atoms with van der Waals surface area (Å²) in [6.07, 6.45) is 0. The minimum Gasteiger partial charge on any atom is -0.489 e. The summed E-state index contributed by atoms with van der Waals surface area (Å²) in [5, 5.41) is 0. The molecule has 20 heavy (non-hydrogen) atoms.